The molecule has 6 nitrogen and oxygen atoms in total. The monoisotopic (exact) mass is 394 g/mol. The zero-order valence-electron chi connectivity index (χ0n) is 16.8. The third kappa shape index (κ3) is 4.95. The van der Waals surface area contributed by atoms with Gasteiger partial charge in [0.2, 0.25) is 0 Å². The van der Waals surface area contributed by atoms with Gasteiger partial charge in [0.15, 0.2) is 0 Å². The average Bonchev–Trinajstić information content (AvgIpc) is 2.71. The fraction of sp³-hybridized carbons (Fsp3) is 0.478. The van der Waals surface area contributed by atoms with E-state index in [0.29, 0.717) is 6.04 Å². The van der Waals surface area contributed by atoms with E-state index in [9.17, 15) is 9.90 Å². The van der Waals surface area contributed by atoms with Crippen LogP contribution in [0.25, 0.3) is 0 Å². The summed E-state index contributed by atoms with van der Waals surface area (Å²) in [6, 6.07) is 13.7. The van der Waals surface area contributed by atoms with E-state index in [4.69, 9.17) is 4.98 Å². The Balaban J connectivity index is 1.15. The quantitative estimate of drug-likeness (QED) is 0.568. The summed E-state index contributed by atoms with van der Waals surface area (Å²) >= 11 is 0. The van der Waals surface area contributed by atoms with E-state index in [2.05, 4.69) is 22.8 Å². The van der Waals surface area contributed by atoms with Crippen molar-refractivity contribution in [1.29, 1.82) is 0 Å². The number of aliphatic carboxylic acids is 1. The maximum atomic E-state index is 11.7. The van der Waals surface area contributed by atoms with Crippen molar-refractivity contribution in [1.82, 2.24) is 15.2 Å². The Kier molecular flexibility index (Phi) is 6.42. The highest BCUT2D eigenvalue weighted by Crippen LogP contribution is 2.26. The normalized spacial score (nSPS) is 17.8. The molecule has 0 radical (unpaired) electrons. The minimum atomic E-state index is -0.776. The Bertz CT molecular complexity index is 821. The number of benzene rings is 1. The molecule has 1 unspecified atom stereocenters. The molecule has 29 heavy (non-hydrogen) atoms. The number of carbonyl (C=O) groups is 1. The molecule has 0 amide bonds. The molecule has 154 valence electrons. The molecule has 2 aromatic rings. The second-order valence-electron chi connectivity index (χ2n) is 8.05. The summed E-state index contributed by atoms with van der Waals surface area (Å²) in [5, 5.41) is 16.6. The van der Waals surface area contributed by atoms with Gasteiger partial charge in [-0.05, 0) is 55.8 Å². The molecule has 3 N–H and O–H groups in total. The standard InChI is InChI=1S/C23H30N4O2/c28-23(29)21(17-7-2-1-3-8-17)27-15-20(16-27)24-13-5-4-10-19-12-11-18-9-6-14-25-22(18)26-19/h1-3,7-8,11-12,20-21,24H,4-6,9-10,13-16H2,(H,25,26)(H,28,29). The highest BCUT2D eigenvalue weighted by molar-refractivity contribution is 5.75. The van der Waals surface area contributed by atoms with Crippen LogP contribution in [-0.2, 0) is 17.6 Å². The number of unbranched alkanes of at least 4 members (excludes halogenated alkanes) is 1. The van der Waals surface area contributed by atoms with Gasteiger partial charge in [-0.3, -0.25) is 9.69 Å². The summed E-state index contributed by atoms with van der Waals surface area (Å²) in [6.45, 7) is 3.55. The fourth-order valence-electron chi connectivity index (χ4n) is 4.24. The van der Waals surface area contributed by atoms with E-state index in [1.807, 2.05) is 35.2 Å². The van der Waals surface area contributed by atoms with Gasteiger partial charge in [-0.25, -0.2) is 4.98 Å². The van der Waals surface area contributed by atoms with Gasteiger partial charge in [0, 0.05) is 31.4 Å². The van der Waals surface area contributed by atoms with Gasteiger partial charge in [-0.2, -0.15) is 0 Å². The van der Waals surface area contributed by atoms with Crippen molar-refractivity contribution < 1.29 is 9.90 Å². The number of hydrogen-bond acceptors (Lipinski definition) is 5. The highest BCUT2D eigenvalue weighted by Gasteiger charge is 2.36. The lowest BCUT2D eigenvalue weighted by atomic mass is 9.99. The van der Waals surface area contributed by atoms with Crippen LogP contribution in [0.3, 0.4) is 0 Å². The summed E-state index contributed by atoms with van der Waals surface area (Å²) in [6.07, 6.45) is 5.53. The molecule has 0 saturated carbocycles. The number of carboxylic acid groups (broad SMARTS) is 1. The molecule has 0 bridgehead atoms. The number of nitrogens with one attached hydrogen (secondary N) is 2. The van der Waals surface area contributed by atoms with Crippen molar-refractivity contribution in [2.45, 2.75) is 44.2 Å². The first kappa shape index (κ1) is 19.9. The summed E-state index contributed by atoms with van der Waals surface area (Å²) in [4.78, 5) is 18.5. The molecule has 2 aliphatic rings. The van der Waals surface area contributed by atoms with Crippen molar-refractivity contribution in [3.05, 3.63) is 59.3 Å². The van der Waals surface area contributed by atoms with E-state index in [1.54, 1.807) is 0 Å². The van der Waals surface area contributed by atoms with Crippen LogP contribution in [0.4, 0.5) is 5.82 Å². The number of nitrogens with zero attached hydrogens (tertiary/aromatic N) is 2. The Morgan fingerprint density at radius 2 is 2.03 bits per heavy atom. The lowest BCUT2D eigenvalue weighted by Crippen LogP contribution is -2.60. The molecule has 1 aromatic carbocycles. The molecule has 1 atom stereocenters. The first-order valence-electron chi connectivity index (χ1n) is 10.7. The number of carboxylic acids is 1. The predicted octanol–water partition coefficient (Wildman–Crippen LogP) is 2.86. The van der Waals surface area contributed by atoms with E-state index in [0.717, 1.165) is 63.2 Å². The number of anilines is 1. The molecule has 2 aliphatic heterocycles. The molecule has 1 saturated heterocycles. The third-order valence-corrected chi connectivity index (χ3v) is 5.87. The van der Waals surface area contributed by atoms with Crippen molar-refractivity contribution in [3.63, 3.8) is 0 Å². The zero-order chi connectivity index (χ0) is 20.1. The molecule has 0 aliphatic carbocycles. The van der Waals surface area contributed by atoms with Crippen LogP contribution in [0, 0.1) is 0 Å². The number of fused-ring (bicyclic) bond motifs is 1. The zero-order valence-corrected chi connectivity index (χ0v) is 16.8. The molecule has 1 fully saturated rings. The lowest BCUT2D eigenvalue weighted by molar-refractivity contribution is -0.145. The summed E-state index contributed by atoms with van der Waals surface area (Å²) < 4.78 is 0. The van der Waals surface area contributed by atoms with E-state index < -0.39 is 12.0 Å². The van der Waals surface area contributed by atoms with Gasteiger partial charge < -0.3 is 15.7 Å². The molecular weight excluding hydrogens is 364 g/mol. The van der Waals surface area contributed by atoms with Crippen molar-refractivity contribution in [2.24, 2.45) is 0 Å². The highest BCUT2D eigenvalue weighted by atomic mass is 16.4. The molecule has 0 spiro atoms. The van der Waals surface area contributed by atoms with Crippen molar-refractivity contribution in [2.75, 3.05) is 31.5 Å². The Morgan fingerprint density at radius 3 is 2.83 bits per heavy atom. The van der Waals surface area contributed by atoms with Crippen molar-refractivity contribution in [3.8, 4) is 0 Å². The maximum Gasteiger partial charge on any atom is 0.325 e. The molecule has 6 heteroatoms. The molecule has 1 aromatic heterocycles. The predicted molar refractivity (Wildman–Crippen MR) is 114 cm³/mol. The van der Waals surface area contributed by atoms with E-state index in [1.165, 1.54) is 17.7 Å². The Hall–Kier alpha value is -2.44. The van der Waals surface area contributed by atoms with Gasteiger partial charge >= 0.3 is 5.97 Å². The van der Waals surface area contributed by atoms with E-state index in [-0.39, 0.29) is 0 Å². The molecule has 3 heterocycles. The topological polar surface area (TPSA) is 77.5 Å². The second kappa shape index (κ2) is 9.37. The minimum Gasteiger partial charge on any atom is -0.480 e. The van der Waals surface area contributed by atoms with Crippen molar-refractivity contribution >= 4 is 11.8 Å². The average molecular weight is 395 g/mol. The Labute approximate surface area is 172 Å². The van der Waals surface area contributed by atoms with Crippen LogP contribution in [0.2, 0.25) is 0 Å². The van der Waals surface area contributed by atoms with Gasteiger partial charge in [0.25, 0.3) is 0 Å². The fourth-order valence-corrected chi connectivity index (χ4v) is 4.24. The second-order valence-corrected chi connectivity index (χ2v) is 8.05. The lowest BCUT2D eigenvalue weighted by Gasteiger charge is -2.43. The maximum absolute atomic E-state index is 11.7. The summed E-state index contributed by atoms with van der Waals surface area (Å²) in [5.74, 6) is 0.300. The Morgan fingerprint density at radius 1 is 1.21 bits per heavy atom. The SMILES string of the molecule is O=C(O)C(c1ccccc1)N1CC(NCCCCc2ccc3c(n2)NCCC3)C1. The van der Waals surface area contributed by atoms with Gasteiger partial charge in [0.05, 0.1) is 0 Å². The van der Waals surface area contributed by atoms with Crippen LogP contribution < -0.4 is 10.6 Å². The first-order chi connectivity index (χ1) is 14.2. The number of hydrogen-bond donors (Lipinski definition) is 3. The summed E-state index contributed by atoms with van der Waals surface area (Å²) in [5.41, 5.74) is 3.36. The first-order valence-corrected chi connectivity index (χ1v) is 10.7. The van der Waals surface area contributed by atoms with Crippen LogP contribution in [0.1, 0.15) is 42.1 Å². The van der Waals surface area contributed by atoms with Crippen LogP contribution >= 0.6 is 0 Å². The smallest absolute Gasteiger partial charge is 0.325 e. The molecular formula is C23H30N4O2. The van der Waals surface area contributed by atoms with Crippen LogP contribution in [-0.4, -0.2) is 53.2 Å². The number of aromatic nitrogens is 1. The number of pyridine rings is 1. The van der Waals surface area contributed by atoms with Crippen LogP contribution in [0.15, 0.2) is 42.5 Å². The number of aryl methyl sites for hydroxylation is 2. The molecule has 4 rings (SSSR count). The minimum absolute atomic E-state index is 0.381. The third-order valence-electron chi connectivity index (χ3n) is 5.87. The van der Waals surface area contributed by atoms with E-state index >= 15 is 0 Å². The van der Waals surface area contributed by atoms with Gasteiger partial charge in [-0.1, -0.05) is 36.4 Å². The number of rotatable bonds is 9. The van der Waals surface area contributed by atoms with Crippen LogP contribution in [0.5, 0.6) is 0 Å². The largest absolute Gasteiger partial charge is 0.480 e. The summed E-state index contributed by atoms with van der Waals surface area (Å²) in [7, 11) is 0. The van der Waals surface area contributed by atoms with Gasteiger partial charge in [0.1, 0.15) is 11.9 Å². The number of likely N-dealkylation sites (tertiary alicyclic amines) is 1. The van der Waals surface area contributed by atoms with Gasteiger partial charge in [-0.15, -0.1) is 0 Å².